The van der Waals surface area contributed by atoms with Crippen molar-refractivity contribution in [2.24, 2.45) is 0 Å². The molecule has 0 aromatic heterocycles. The lowest BCUT2D eigenvalue weighted by Gasteiger charge is -2.26. The number of anilines is 1. The van der Waals surface area contributed by atoms with Gasteiger partial charge in [0.05, 0.1) is 11.3 Å². The fourth-order valence-corrected chi connectivity index (χ4v) is 3.38. The number of carbonyl (C=O) groups excluding carboxylic acids is 4. The van der Waals surface area contributed by atoms with Gasteiger partial charge in [0.2, 0.25) is 0 Å². The quantitative estimate of drug-likeness (QED) is 0.267. The lowest BCUT2D eigenvalue weighted by molar-refractivity contribution is -0.122. The number of rotatable bonds is 4. The number of para-hydroxylation sites is 1. The summed E-state index contributed by atoms with van der Waals surface area (Å²) in [5.41, 5.74) is 1.50. The van der Waals surface area contributed by atoms with E-state index in [9.17, 15) is 19.2 Å². The van der Waals surface area contributed by atoms with Gasteiger partial charge < -0.3 is 4.74 Å². The Morgan fingerprint density at radius 2 is 1.70 bits per heavy atom. The minimum absolute atomic E-state index is 0.143. The number of hydrogen-bond donors (Lipinski definition) is 1. The highest BCUT2D eigenvalue weighted by Gasteiger charge is 2.37. The number of carbonyl (C=O) groups is 4. The minimum atomic E-state index is -0.840. The van der Waals surface area contributed by atoms with E-state index in [4.69, 9.17) is 16.3 Å². The first kappa shape index (κ1) is 22.0. The maximum atomic E-state index is 13.1. The van der Waals surface area contributed by atoms with Crippen LogP contribution in [-0.2, 0) is 9.59 Å². The molecule has 1 fully saturated rings. The lowest BCUT2D eigenvalue weighted by Crippen LogP contribution is -2.54. The molecule has 0 atom stereocenters. The van der Waals surface area contributed by atoms with Crippen molar-refractivity contribution in [1.29, 1.82) is 0 Å². The normalized spacial score (nSPS) is 14.9. The zero-order chi connectivity index (χ0) is 23.5. The van der Waals surface area contributed by atoms with E-state index >= 15 is 0 Å². The number of imide groups is 2. The Bertz CT molecular complexity index is 1310. The third-order valence-corrected chi connectivity index (χ3v) is 5.11. The van der Waals surface area contributed by atoms with Gasteiger partial charge in [-0.3, -0.25) is 14.9 Å². The molecule has 0 bridgehead atoms. The summed E-state index contributed by atoms with van der Waals surface area (Å²) in [4.78, 5) is 51.4. The van der Waals surface area contributed by atoms with Gasteiger partial charge in [-0.2, -0.15) is 0 Å². The van der Waals surface area contributed by atoms with E-state index < -0.39 is 23.8 Å². The second-order valence-corrected chi connectivity index (χ2v) is 7.67. The van der Waals surface area contributed by atoms with Gasteiger partial charge in [-0.25, -0.2) is 14.5 Å². The molecule has 8 heteroatoms. The predicted molar refractivity (Wildman–Crippen MR) is 123 cm³/mol. The molecule has 7 nitrogen and oxygen atoms in total. The van der Waals surface area contributed by atoms with Crippen LogP contribution < -0.4 is 15.0 Å². The Kier molecular flexibility index (Phi) is 6.06. The largest absolute Gasteiger partial charge is 0.422 e. The third-order valence-electron chi connectivity index (χ3n) is 4.86. The molecule has 33 heavy (non-hydrogen) atoms. The Balaban J connectivity index is 1.67. The van der Waals surface area contributed by atoms with E-state index in [-0.39, 0.29) is 16.9 Å². The molecule has 4 rings (SSSR count). The van der Waals surface area contributed by atoms with Crippen molar-refractivity contribution in [3.8, 4) is 5.75 Å². The number of aryl methyl sites for hydroxylation is 1. The summed E-state index contributed by atoms with van der Waals surface area (Å²) in [6.45, 7) is 1.82. The first-order valence-corrected chi connectivity index (χ1v) is 10.3. The Morgan fingerprint density at radius 3 is 2.42 bits per heavy atom. The van der Waals surface area contributed by atoms with Gasteiger partial charge in [0.15, 0.2) is 0 Å². The highest BCUT2D eigenvalue weighted by molar-refractivity contribution is 6.39. The number of nitrogens with zero attached hydrogens (tertiary/aromatic N) is 1. The standard InChI is InChI=1S/C25H17ClN2O5/c1-15-5-4-7-19(13-15)28-23(30)20(22(29)27-25(28)32)14-17-6-2-3-8-21(17)33-24(31)16-9-11-18(26)12-10-16/h2-14H,1H3,(H,27,29,32). The summed E-state index contributed by atoms with van der Waals surface area (Å²) in [5.74, 6) is -2.11. The van der Waals surface area contributed by atoms with Gasteiger partial charge in [0.25, 0.3) is 11.8 Å². The van der Waals surface area contributed by atoms with E-state index in [1.165, 1.54) is 24.3 Å². The van der Waals surface area contributed by atoms with Crippen LogP contribution in [0.4, 0.5) is 10.5 Å². The second-order valence-electron chi connectivity index (χ2n) is 7.23. The molecule has 164 valence electrons. The smallest absolute Gasteiger partial charge is 0.343 e. The molecule has 3 aromatic carbocycles. The summed E-state index contributed by atoms with van der Waals surface area (Å²) in [6, 6.07) is 18.6. The molecule has 0 unspecified atom stereocenters. The van der Waals surface area contributed by atoms with Gasteiger partial charge in [-0.05, 0) is 61.0 Å². The fraction of sp³-hybridized carbons (Fsp3) is 0.0400. The van der Waals surface area contributed by atoms with Crippen molar-refractivity contribution in [2.45, 2.75) is 6.92 Å². The zero-order valence-corrected chi connectivity index (χ0v) is 18.1. The maximum Gasteiger partial charge on any atom is 0.343 e. The Labute approximate surface area is 194 Å². The number of hydrogen-bond acceptors (Lipinski definition) is 5. The summed E-state index contributed by atoms with van der Waals surface area (Å²) >= 11 is 5.85. The lowest BCUT2D eigenvalue weighted by atomic mass is 10.1. The minimum Gasteiger partial charge on any atom is -0.422 e. The average Bonchev–Trinajstić information content (AvgIpc) is 2.78. The molecule has 0 radical (unpaired) electrons. The zero-order valence-electron chi connectivity index (χ0n) is 17.4. The number of benzene rings is 3. The number of amides is 4. The summed E-state index contributed by atoms with van der Waals surface area (Å²) in [6.07, 6.45) is 1.29. The van der Waals surface area contributed by atoms with Gasteiger partial charge in [-0.15, -0.1) is 0 Å². The van der Waals surface area contributed by atoms with E-state index in [1.807, 2.05) is 13.0 Å². The van der Waals surface area contributed by atoms with E-state index in [2.05, 4.69) is 5.32 Å². The molecule has 4 amide bonds. The van der Waals surface area contributed by atoms with Crippen LogP contribution in [0.15, 0.2) is 78.4 Å². The fourth-order valence-electron chi connectivity index (χ4n) is 3.25. The van der Waals surface area contributed by atoms with Crippen LogP contribution in [-0.4, -0.2) is 23.8 Å². The van der Waals surface area contributed by atoms with Gasteiger partial charge in [-0.1, -0.05) is 41.9 Å². The van der Waals surface area contributed by atoms with Crippen molar-refractivity contribution < 1.29 is 23.9 Å². The van der Waals surface area contributed by atoms with Crippen molar-refractivity contribution in [3.63, 3.8) is 0 Å². The second kappa shape index (κ2) is 9.10. The Morgan fingerprint density at radius 1 is 0.970 bits per heavy atom. The number of urea groups is 1. The van der Waals surface area contributed by atoms with Crippen molar-refractivity contribution in [3.05, 3.63) is 100 Å². The van der Waals surface area contributed by atoms with Crippen LogP contribution >= 0.6 is 11.6 Å². The van der Waals surface area contributed by atoms with Crippen molar-refractivity contribution in [1.82, 2.24) is 5.32 Å². The third kappa shape index (κ3) is 4.68. The van der Waals surface area contributed by atoms with Gasteiger partial charge in [0, 0.05) is 10.6 Å². The number of halogens is 1. The summed E-state index contributed by atoms with van der Waals surface area (Å²) in [5, 5.41) is 2.66. The van der Waals surface area contributed by atoms with Crippen LogP contribution in [0.2, 0.25) is 5.02 Å². The number of nitrogens with one attached hydrogen (secondary N) is 1. The summed E-state index contributed by atoms with van der Waals surface area (Å²) < 4.78 is 5.48. The van der Waals surface area contributed by atoms with Crippen LogP contribution in [0.5, 0.6) is 5.75 Å². The number of ether oxygens (including phenoxy) is 1. The SMILES string of the molecule is Cc1cccc(N2C(=O)NC(=O)C(=Cc3ccccc3OC(=O)c3ccc(Cl)cc3)C2=O)c1. The van der Waals surface area contributed by atoms with Gasteiger partial charge in [0.1, 0.15) is 11.3 Å². The highest BCUT2D eigenvalue weighted by atomic mass is 35.5. The molecular formula is C25H17ClN2O5. The van der Waals surface area contributed by atoms with E-state index in [0.29, 0.717) is 16.3 Å². The molecule has 0 spiro atoms. The molecule has 1 aliphatic heterocycles. The van der Waals surface area contributed by atoms with Crippen molar-refractivity contribution in [2.75, 3.05) is 4.90 Å². The molecule has 0 aliphatic carbocycles. The van der Waals surface area contributed by atoms with E-state index in [0.717, 1.165) is 10.5 Å². The molecule has 1 aliphatic rings. The number of esters is 1. The highest BCUT2D eigenvalue weighted by Crippen LogP contribution is 2.26. The molecule has 1 heterocycles. The first-order valence-electron chi connectivity index (χ1n) is 9.88. The molecule has 0 saturated carbocycles. The molecular weight excluding hydrogens is 444 g/mol. The van der Waals surface area contributed by atoms with Crippen molar-refractivity contribution >= 4 is 47.2 Å². The maximum absolute atomic E-state index is 13.1. The molecule has 1 saturated heterocycles. The van der Waals surface area contributed by atoms with Crippen LogP contribution in [0, 0.1) is 6.92 Å². The van der Waals surface area contributed by atoms with E-state index in [1.54, 1.807) is 48.5 Å². The van der Waals surface area contributed by atoms with Crippen LogP contribution in [0.3, 0.4) is 0 Å². The average molecular weight is 461 g/mol. The first-order chi connectivity index (χ1) is 15.8. The predicted octanol–water partition coefficient (Wildman–Crippen LogP) is 4.53. The summed E-state index contributed by atoms with van der Waals surface area (Å²) in [7, 11) is 0. The Hall–Kier alpha value is -4.23. The monoisotopic (exact) mass is 460 g/mol. The molecule has 1 N–H and O–H groups in total. The van der Waals surface area contributed by atoms with Gasteiger partial charge >= 0.3 is 12.0 Å². The van der Waals surface area contributed by atoms with Crippen LogP contribution in [0.1, 0.15) is 21.5 Å². The van der Waals surface area contributed by atoms with Crippen LogP contribution in [0.25, 0.3) is 6.08 Å². The number of barbiturate groups is 1. The molecule has 3 aromatic rings. The topological polar surface area (TPSA) is 92.8 Å².